The van der Waals surface area contributed by atoms with Crippen molar-refractivity contribution >= 4 is 15.9 Å². The molecule has 0 bridgehead atoms. The fourth-order valence-electron chi connectivity index (χ4n) is 1.69. The van der Waals surface area contributed by atoms with E-state index in [4.69, 9.17) is 10.5 Å². The van der Waals surface area contributed by atoms with Crippen molar-refractivity contribution in [1.82, 2.24) is 9.62 Å². The van der Waals surface area contributed by atoms with Crippen LogP contribution in [0.25, 0.3) is 0 Å². The van der Waals surface area contributed by atoms with Crippen LogP contribution in [-0.4, -0.2) is 63.3 Å². The van der Waals surface area contributed by atoms with Crippen LogP contribution < -0.4 is 11.1 Å². The van der Waals surface area contributed by atoms with Crippen molar-refractivity contribution in [2.75, 3.05) is 38.6 Å². The van der Waals surface area contributed by atoms with Gasteiger partial charge >= 0.3 is 0 Å². The Bertz CT molecular complexity index is 357. The number of morpholine rings is 1. The van der Waals surface area contributed by atoms with Crippen molar-refractivity contribution < 1.29 is 17.9 Å². The predicted octanol–water partition coefficient (Wildman–Crippen LogP) is -1.89. The van der Waals surface area contributed by atoms with Crippen LogP contribution in [0.5, 0.6) is 0 Å². The molecule has 1 saturated heterocycles. The van der Waals surface area contributed by atoms with E-state index < -0.39 is 16.1 Å². The number of rotatable bonds is 5. The van der Waals surface area contributed by atoms with Gasteiger partial charge in [0.25, 0.3) is 0 Å². The molecule has 1 heterocycles. The van der Waals surface area contributed by atoms with Gasteiger partial charge in [0, 0.05) is 19.6 Å². The molecule has 17 heavy (non-hydrogen) atoms. The Morgan fingerprint density at radius 2 is 2.29 bits per heavy atom. The quantitative estimate of drug-likeness (QED) is 0.605. The normalized spacial score (nSPS) is 22.4. The van der Waals surface area contributed by atoms with Gasteiger partial charge in [-0.2, -0.15) is 4.31 Å². The van der Waals surface area contributed by atoms with Gasteiger partial charge in [-0.05, 0) is 6.92 Å². The third kappa shape index (κ3) is 3.63. The number of ether oxygens (including phenoxy) is 1. The van der Waals surface area contributed by atoms with Crippen LogP contribution in [0.1, 0.15) is 6.92 Å². The van der Waals surface area contributed by atoms with Crippen molar-refractivity contribution in [2.45, 2.75) is 13.0 Å². The SMILES string of the molecule is CCNC(=O)C1COCCN1S(=O)(=O)CCN. The second-order valence-electron chi connectivity index (χ2n) is 3.70. The van der Waals surface area contributed by atoms with Crippen LogP contribution in [0.15, 0.2) is 0 Å². The van der Waals surface area contributed by atoms with Gasteiger partial charge in [-0.15, -0.1) is 0 Å². The van der Waals surface area contributed by atoms with Crippen LogP contribution in [0, 0.1) is 0 Å². The summed E-state index contributed by atoms with van der Waals surface area (Å²) < 4.78 is 30.2. The fraction of sp³-hybridized carbons (Fsp3) is 0.889. The average Bonchev–Trinajstić information content (AvgIpc) is 2.29. The molecule has 1 unspecified atom stereocenters. The average molecular weight is 265 g/mol. The van der Waals surface area contributed by atoms with Crippen LogP contribution in [-0.2, 0) is 19.6 Å². The molecule has 1 atom stereocenters. The first-order valence-electron chi connectivity index (χ1n) is 5.58. The zero-order valence-electron chi connectivity index (χ0n) is 9.89. The van der Waals surface area contributed by atoms with E-state index in [0.29, 0.717) is 13.2 Å². The molecular weight excluding hydrogens is 246 g/mol. The highest BCUT2D eigenvalue weighted by atomic mass is 32.2. The van der Waals surface area contributed by atoms with Crippen molar-refractivity contribution in [3.63, 3.8) is 0 Å². The minimum absolute atomic E-state index is 0.0435. The molecular formula is C9H19N3O4S. The van der Waals surface area contributed by atoms with Gasteiger partial charge in [0.15, 0.2) is 0 Å². The molecule has 1 aliphatic rings. The lowest BCUT2D eigenvalue weighted by Gasteiger charge is -2.33. The molecule has 0 aromatic rings. The van der Waals surface area contributed by atoms with Gasteiger partial charge in [-0.1, -0.05) is 0 Å². The maximum atomic E-state index is 11.9. The van der Waals surface area contributed by atoms with Gasteiger partial charge < -0.3 is 15.8 Å². The largest absolute Gasteiger partial charge is 0.378 e. The van der Waals surface area contributed by atoms with Crippen molar-refractivity contribution in [3.05, 3.63) is 0 Å². The highest BCUT2D eigenvalue weighted by molar-refractivity contribution is 7.89. The minimum atomic E-state index is -3.48. The standard InChI is InChI=1S/C9H19N3O4S/c1-2-11-9(13)8-7-16-5-4-12(8)17(14,15)6-3-10/h8H,2-7,10H2,1H3,(H,11,13). The Balaban J connectivity index is 2.82. The number of likely N-dealkylation sites (N-methyl/N-ethyl adjacent to an activating group) is 1. The topological polar surface area (TPSA) is 102 Å². The molecule has 0 saturated carbocycles. The molecule has 7 nitrogen and oxygen atoms in total. The maximum absolute atomic E-state index is 11.9. The summed E-state index contributed by atoms with van der Waals surface area (Å²) in [5.74, 6) is -0.476. The summed E-state index contributed by atoms with van der Waals surface area (Å²) in [7, 11) is -3.48. The number of amides is 1. The first-order valence-corrected chi connectivity index (χ1v) is 7.19. The smallest absolute Gasteiger partial charge is 0.240 e. The number of nitrogens with zero attached hydrogens (tertiary/aromatic N) is 1. The molecule has 0 spiro atoms. The monoisotopic (exact) mass is 265 g/mol. The number of nitrogens with two attached hydrogens (primary N) is 1. The predicted molar refractivity (Wildman–Crippen MR) is 62.8 cm³/mol. The Labute approximate surface area is 101 Å². The number of sulfonamides is 1. The number of carbonyl (C=O) groups excluding carboxylic acids is 1. The summed E-state index contributed by atoms with van der Waals surface area (Å²) in [4.78, 5) is 11.7. The van der Waals surface area contributed by atoms with Gasteiger partial charge in [0.05, 0.1) is 19.0 Å². The molecule has 0 aliphatic carbocycles. The fourth-order valence-corrected chi connectivity index (χ4v) is 3.12. The Hall–Kier alpha value is -0.700. The molecule has 3 N–H and O–H groups in total. The lowest BCUT2D eigenvalue weighted by Crippen LogP contribution is -2.56. The lowest BCUT2D eigenvalue weighted by atomic mass is 10.2. The van der Waals surface area contributed by atoms with E-state index >= 15 is 0 Å². The van der Waals surface area contributed by atoms with Gasteiger partial charge in [-0.25, -0.2) is 8.42 Å². The molecule has 1 rings (SSSR count). The lowest BCUT2D eigenvalue weighted by molar-refractivity contribution is -0.129. The molecule has 0 aromatic heterocycles. The molecule has 1 aliphatic heterocycles. The first kappa shape index (κ1) is 14.4. The Morgan fingerprint density at radius 1 is 1.59 bits per heavy atom. The first-order chi connectivity index (χ1) is 8.03. The number of carbonyl (C=O) groups is 1. The van der Waals surface area contributed by atoms with E-state index in [0.717, 1.165) is 0 Å². The summed E-state index contributed by atoms with van der Waals surface area (Å²) >= 11 is 0. The summed E-state index contributed by atoms with van der Waals surface area (Å²) in [5.41, 5.74) is 5.26. The molecule has 1 fully saturated rings. The van der Waals surface area contributed by atoms with E-state index in [1.165, 1.54) is 4.31 Å². The van der Waals surface area contributed by atoms with Crippen molar-refractivity contribution in [1.29, 1.82) is 0 Å². The third-order valence-electron chi connectivity index (χ3n) is 2.47. The van der Waals surface area contributed by atoms with E-state index in [1.54, 1.807) is 6.92 Å². The van der Waals surface area contributed by atoms with E-state index in [1.807, 2.05) is 0 Å². The van der Waals surface area contributed by atoms with Gasteiger partial charge in [0.1, 0.15) is 6.04 Å². The van der Waals surface area contributed by atoms with Crippen LogP contribution >= 0.6 is 0 Å². The molecule has 100 valence electrons. The second-order valence-corrected chi connectivity index (χ2v) is 5.74. The van der Waals surface area contributed by atoms with E-state index in [2.05, 4.69) is 5.32 Å². The highest BCUT2D eigenvalue weighted by Gasteiger charge is 2.36. The van der Waals surface area contributed by atoms with E-state index in [9.17, 15) is 13.2 Å². The minimum Gasteiger partial charge on any atom is -0.378 e. The van der Waals surface area contributed by atoms with Crippen LogP contribution in [0.3, 0.4) is 0 Å². The summed E-state index contributed by atoms with van der Waals surface area (Å²) in [6.07, 6.45) is 0. The zero-order valence-corrected chi connectivity index (χ0v) is 10.7. The van der Waals surface area contributed by atoms with Gasteiger partial charge in [0.2, 0.25) is 15.9 Å². The summed E-state index contributed by atoms with van der Waals surface area (Å²) in [6, 6.07) is -0.778. The molecule has 1 amide bonds. The van der Waals surface area contributed by atoms with Crippen LogP contribution in [0.4, 0.5) is 0 Å². The summed E-state index contributed by atoms with van der Waals surface area (Å²) in [6.45, 7) is 2.88. The Morgan fingerprint density at radius 3 is 2.88 bits per heavy atom. The maximum Gasteiger partial charge on any atom is 0.240 e. The number of hydrogen-bond acceptors (Lipinski definition) is 5. The molecule has 8 heteroatoms. The Kier molecular flexibility index (Phi) is 5.31. The number of hydrogen-bond donors (Lipinski definition) is 2. The zero-order chi connectivity index (χ0) is 12.9. The summed E-state index contributed by atoms with van der Waals surface area (Å²) in [5, 5.41) is 2.60. The highest BCUT2D eigenvalue weighted by Crippen LogP contribution is 2.13. The van der Waals surface area contributed by atoms with Crippen LogP contribution in [0.2, 0.25) is 0 Å². The molecule has 0 aromatic carbocycles. The third-order valence-corrected chi connectivity index (χ3v) is 4.37. The van der Waals surface area contributed by atoms with Crippen molar-refractivity contribution in [2.24, 2.45) is 5.73 Å². The van der Waals surface area contributed by atoms with E-state index in [-0.39, 0.29) is 31.4 Å². The van der Waals surface area contributed by atoms with Crippen molar-refractivity contribution in [3.8, 4) is 0 Å². The van der Waals surface area contributed by atoms with Gasteiger partial charge in [-0.3, -0.25) is 4.79 Å². The second kappa shape index (κ2) is 6.29. The molecule has 0 radical (unpaired) electrons. The number of nitrogens with one attached hydrogen (secondary N) is 1.